The van der Waals surface area contributed by atoms with E-state index < -0.39 is 0 Å². The molecular weight excluding hydrogens is 246 g/mol. The molecule has 1 heterocycles. The standard InChI is InChI=1S/C10H7ClN2OS.H3N/c11-7-3-1-2-4-8(7)13-9(14)10-12-5-6-15-10;/h1-6H,(H,13,14);1H3. The summed E-state index contributed by atoms with van der Waals surface area (Å²) in [6.45, 7) is 0. The van der Waals surface area contributed by atoms with Crippen LogP contribution in [0.2, 0.25) is 5.02 Å². The van der Waals surface area contributed by atoms with Crippen molar-refractivity contribution in [2.75, 3.05) is 5.32 Å². The molecule has 84 valence electrons. The molecule has 6 heteroatoms. The van der Waals surface area contributed by atoms with Crippen LogP contribution in [0.25, 0.3) is 0 Å². The van der Waals surface area contributed by atoms with Crippen LogP contribution in [0.4, 0.5) is 5.69 Å². The van der Waals surface area contributed by atoms with Crippen LogP contribution in [0.3, 0.4) is 0 Å². The monoisotopic (exact) mass is 255 g/mol. The number of aromatic nitrogens is 1. The topological polar surface area (TPSA) is 77.0 Å². The van der Waals surface area contributed by atoms with Crippen molar-refractivity contribution in [3.8, 4) is 0 Å². The average Bonchev–Trinajstić information content (AvgIpc) is 2.74. The lowest BCUT2D eigenvalue weighted by molar-refractivity contribution is 0.102. The number of hydrogen-bond acceptors (Lipinski definition) is 4. The first-order valence-corrected chi connectivity index (χ1v) is 5.48. The van der Waals surface area contributed by atoms with E-state index in [4.69, 9.17) is 11.6 Å². The number of para-hydroxylation sites is 1. The molecule has 0 aliphatic heterocycles. The highest BCUT2D eigenvalue weighted by Crippen LogP contribution is 2.21. The number of nitrogens with one attached hydrogen (secondary N) is 1. The summed E-state index contributed by atoms with van der Waals surface area (Å²) in [6.07, 6.45) is 1.59. The lowest BCUT2D eigenvalue weighted by Gasteiger charge is -2.04. The Bertz CT molecular complexity index is 473. The summed E-state index contributed by atoms with van der Waals surface area (Å²) in [7, 11) is 0. The first kappa shape index (κ1) is 12.6. The molecule has 0 aliphatic carbocycles. The van der Waals surface area contributed by atoms with Crippen molar-refractivity contribution in [2.24, 2.45) is 0 Å². The van der Waals surface area contributed by atoms with E-state index in [0.29, 0.717) is 15.7 Å². The summed E-state index contributed by atoms with van der Waals surface area (Å²) in [4.78, 5) is 15.5. The maximum absolute atomic E-state index is 11.6. The minimum Gasteiger partial charge on any atom is -0.344 e. The second-order valence-electron chi connectivity index (χ2n) is 2.77. The highest BCUT2D eigenvalue weighted by Gasteiger charge is 2.09. The molecular formula is C10H10ClN3OS. The number of nitrogens with zero attached hydrogens (tertiary/aromatic N) is 1. The fourth-order valence-corrected chi connectivity index (χ4v) is 1.79. The largest absolute Gasteiger partial charge is 0.344 e. The van der Waals surface area contributed by atoms with Crippen LogP contribution in [-0.2, 0) is 0 Å². The number of anilines is 1. The molecule has 0 bridgehead atoms. The van der Waals surface area contributed by atoms with Gasteiger partial charge in [0.25, 0.3) is 5.91 Å². The van der Waals surface area contributed by atoms with E-state index in [1.807, 2.05) is 6.07 Å². The van der Waals surface area contributed by atoms with E-state index in [0.717, 1.165) is 0 Å². The molecule has 1 aromatic heterocycles. The van der Waals surface area contributed by atoms with E-state index in [2.05, 4.69) is 10.3 Å². The molecule has 0 saturated heterocycles. The van der Waals surface area contributed by atoms with Crippen LogP contribution in [-0.4, -0.2) is 10.9 Å². The third kappa shape index (κ3) is 2.79. The SMILES string of the molecule is N.O=C(Nc1ccccc1Cl)c1nccs1. The van der Waals surface area contributed by atoms with Gasteiger partial charge in [0, 0.05) is 11.6 Å². The molecule has 0 spiro atoms. The predicted octanol–water partition coefficient (Wildman–Crippen LogP) is 3.21. The third-order valence-electron chi connectivity index (χ3n) is 1.75. The number of rotatable bonds is 2. The fourth-order valence-electron chi connectivity index (χ4n) is 1.07. The molecule has 0 aliphatic rings. The van der Waals surface area contributed by atoms with Gasteiger partial charge in [-0.25, -0.2) is 4.98 Å². The minimum atomic E-state index is -0.238. The molecule has 4 nitrogen and oxygen atoms in total. The molecule has 0 fully saturated rings. The zero-order valence-electron chi connectivity index (χ0n) is 8.31. The Balaban J connectivity index is 0.00000128. The second-order valence-corrected chi connectivity index (χ2v) is 4.07. The Hall–Kier alpha value is -1.43. The van der Waals surface area contributed by atoms with Crippen molar-refractivity contribution in [1.82, 2.24) is 11.1 Å². The summed E-state index contributed by atoms with van der Waals surface area (Å²) in [5, 5.41) is 5.38. The number of carbonyl (C=O) groups excluding carboxylic acids is 1. The van der Waals surface area contributed by atoms with Gasteiger partial charge >= 0.3 is 0 Å². The zero-order valence-corrected chi connectivity index (χ0v) is 9.89. The molecule has 1 aromatic carbocycles. The summed E-state index contributed by atoms with van der Waals surface area (Å²) in [5.41, 5.74) is 0.597. The van der Waals surface area contributed by atoms with Gasteiger partial charge in [-0.2, -0.15) is 0 Å². The molecule has 1 amide bonds. The Morgan fingerprint density at radius 3 is 2.75 bits per heavy atom. The van der Waals surface area contributed by atoms with Crippen LogP contribution in [0, 0.1) is 0 Å². The predicted molar refractivity (Wildman–Crippen MR) is 66.5 cm³/mol. The molecule has 16 heavy (non-hydrogen) atoms. The van der Waals surface area contributed by atoms with E-state index in [1.54, 1.807) is 29.8 Å². The number of benzene rings is 1. The minimum absolute atomic E-state index is 0. The third-order valence-corrected chi connectivity index (χ3v) is 2.85. The van der Waals surface area contributed by atoms with Crippen molar-refractivity contribution >= 4 is 34.5 Å². The summed E-state index contributed by atoms with van der Waals surface area (Å²) >= 11 is 7.19. The molecule has 0 saturated carbocycles. The summed E-state index contributed by atoms with van der Waals surface area (Å²) in [6, 6.07) is 7.08. The highest BCUT2D eigenvalue weighted by molar-refractivity contribution is 7.11. The van der Waals surface area contributed by atoms with Gasteiger partial charge in [-0.15, -0.1) is 11.3 Å². The van der Waals surface area contributed by atoms with Crippen LogP contribution in [0.1, 0.15) is 9.80 Å². The van der Waals surface area contributed by atoms with E-state index in [9.17, 15) is 4.79 Å². The first-order chi connectivity index (χ1) is 7.27. The van der Waals surface area contributed by atoms with Gasteiger partial charge in [0.05, 0.1) is 10.7 Å². The van der Waals surface area contributed by atoms with Crippen molar-refractivity contribution in [3.05, 3.63) is 45.9 Å². The molecule has 0 unspecified atom stereocenters. The van der Waals surface area contributed by atoms with Gasteiger partial charge in [-0.1, -0.05) is 23.7 Å². The number of thiazole rings is 1. The van der Waals surface area contributed by atoms with E-state index >= 15 is 0 Å². The number of carbonyl (C=O) groups is 1. The van der Waals surface area contributed by atoms with Crippen LogP contribution < -0.4 is 11.5 Å². The van der Waals surface area contributed by atoms with E-state index in [-0.39, 0.29) is 12.1 Å². The van der Waals surface area contributed by atoms with Gasteiger partial charge < -0.3 is 11.5 Å². The highest BCUT2D eigenvalue weighted by atomic mass is 35.5. The average molecular weight is 256 g/mol. The lowest BCUT2D eigenvalue weighted by Crippen LogP contribution is -2.11. The first-order valence-electron chi connectivity index (χ1n) is 4.23. The molecule has 0 radical (unpaired) electrons. The summed E-state index contributed by atoms with van der Waals surface area (Å²) in [5.74, 6) is -0.238. The smallest absolute Gasteiger partial charge is 0.284 e. The maximum Gasteiger partial charge on any atom is 0.284 e. The Morgan fingerprint density at radius 1 is 1.38 bits per heavy atom. The van der Waals surface area contributed by atoms with Crippen molar-refractivity contribution < 1.29 is 4.79 Å². The molecule has 2 aromatic rings. The number of halogens is 1. The van der Waals surface area contributed by atoms with Crippen molar-refractivity contribution in [1.29, 1.82) is 0 Å². The molecule has 2 rings (SSSR count). The van der Waals surface area contributed by atoms with Gasteiger partial charge in [0.2, 0.25) is 0 Å². The summed E-state index contributed by atoms with van der Waals surface area (Å²) < 4.78 is 0. The van der Waals surface area contributed by atoms with E-state index in [1.165, 1.54) is 11.3 Å². The van der Waals surface area contributed by atoms with Gasteiger partial charge in [-0.05, 0) is 12.1 Å². The lowest BCUT2D eigenvalue weighted by atomic mass is 10.3. The maximum atomic E-state index is 11.6. The second kappa shape index (κ2) is 5.60. The number of amides is 1. The van der Waals surface area contributed by atoms with Crippen LogP contribution in [0.5, 0.6) is 0 Å². The van der Waals surface area contributed by atoms with Gasteiger partial charge in [0.1, 0.15) is 0 Å². The quantitative estimate of drug-likeness (QED) is 0.865. The normalized spacial score (nSPS) is 9.31. The van der Waals surface area contributed by atoms with Crippen molar-refractivity contribution in [2.45, 2.75) is 0 Å². The van der Waals surface area contributed by atoms with Crippen LogP contribution >= 0.6 is 22.9 Å². The Labute approximate surface area is 102 Å². The fraction of sp³-hybridized carbons (Fsp3) is 0. The Kier molecular flexibility index (Phi) is 4.42. The Morgan fingerprint density at radius 2 is 2.12 bits per heavy atom. The van der Waals surface area contributed by atoms with Gasteiger partial charge in [0.15, 0.2) is 5.01 Å². The van der Waals surface area contributed by atoms with Crippen LogP contribution in [0.15, 0.2) is 35.8 Å². The number of hydrogen-bond donors (Lipinski definition) is 2. The molecule has 4 N–H and O–H groups in total. The van der Waals surface area contributed by atoms with Crippen molar-refractivity contribution in [3.63, 3.8) is 0 Å². The zero-order chi connectivity index (χ0) is 10.7. The molecule has 0 atom stereocenters. The van der Waals surface area contributed by atoms with Gasteiger partial charge in [-0.3, -0.25) is 4.79 Å².